The lowest BCUT2D eigenvalue weighted by Crippen LogP contribution is -2.13. The Kier molecular flexibility index (Phi) is 3.76. The van der Waals surface area contributed by atoms with Crippen LogP contribution in [0.1, 0.15) is 21.5 Å². The zero-order valence-corrected chi connectivity index (χ0v) is 12.6. The summed E-state index contributed by atoms with van der Waals surface area (Å²) in [5.41, 5.74) is 7.75. The van der Waals surface area contributed by atoms with E-state index in [0.29, 0.717) is 16.9 Å². The van der Waals surface area contributed by atoms with Crippen molar-refractivity contribution in [2.45, 2.75) is 6.92 Å². The van der Waals surface area contributed by atoms with E-state index in [1.54, 1.807) is 24.4 Å². The fourth-order valence-corrected chi connectivity index (χ4v) is 2.28. The molecule has 3 aromatic rings. The highest BCUT2D eigenvalue weighted by molar-refractivity contribution is 6.06. The highest BCUT2D eigenvalue weighted by atomic mass is 16.1. The molecule has 0 unspecified atom stereocenters. The molecule has 1 heterocycles. The number of fused-ring (bicyclic) bond motifs is 1. The number of pyridine rings is 1. The van der Waals surface area contributed by atoms with Gasteiger partial charge in [-0.3, -0.25) is 10.2 Å². The van der Waals surface area contributed by atoms with E-state index in [2.05, 4.69) is 10.3 Å². The van der Waals surface area contributed by atoms with Crippen molar-refractivity contribution in [3.05, 3.63) is 71.4 Å². The first kappa shape index (κ1) is 14.7. The molecule has 3 rings (SSSR count). The van der Waals surface area contributed by atoms with Gasteiger partial charge in [-0.2, -0.15) is 0 Å². The molecule has 114 valence electrons. The van der Waals surface area contributed by atoms with E-state index < -0.39 is 0 Å². The Bertz CT molecular complexity index is 901. The molecule has 1 amide bonds. The summed E-state index contributed by atoms with van der Waals surface area (Å²) in [5.74, 6) is 0.339. The SMILES string of the molecule is Cc1ccc(NC(=O)c2ccc3cc(C(=N)N)ccc3c2)nc1. The molecule has 0 saturated heterocycles. The number of aromatic nitrogens is 1. The summed E-state index contributed by atoms with van der Waals surface area (Å²) in [7, 11) is 0. The first-order valence-corrected chi connectivity index (χ1v) is 7.15. The maximum absolute atomic E-state index is 12.3. The number of anilines is 1. The third kappa shape index (κ3) is 3.18. The van der Waals surface area contributed by atoms with E-state index in [1.165, 1.54) is 0 Å². The second-order valence-electron chi connectivity index (χ2n) is 5.37. The number of amides is 1. The lowest BCUT2D eigenvalue weighted by atomic mass is 10.0. The zero-order chi connectivity index (χ0) is 16.4. The molecule has 5 nitrogen and oxygen atoms in total. The number of rotatable bonds is 3. The molecule has 0 aliphatic rings. The number of hydrogen-bond acceptors (Lipinski definition) is 3. The average molecular weight is 304 g/mol. The molecule has 4 N–H and O–H groups in total. The number of hydrogen-bond donors (Lipinski definition) is 3. The van der Waals surface area contributed by atoms with Crippen LogP contribution in [0.3, 0.4) is 0 Å². The van der Waals surface area contributed by atoms with E-state index in [1.807, 2.05) is 37.3 Å². The number of amidine groups is 1. The van der Waals surface area contributed by atoms with Crippen LogP contribution < -0.4 is 11.1 Å². The van der Waals surface area contributed by atoms with Crippen LogP contribution >= 0.6 is 0 Å². The van der Waals surface area contributed by atoms with Gasteiger partial charge >= 0.3 is 0 Å². The monoisotopic (exact) mass is 304 g/mol. The minimum atomic E-state index is -0.209. The van der Waals surface area contributed by atoms with Gasteiger partial charge in [-0.15, -0.1) is 0 Å². The lowest BCUT2D eigenvalue weighted by Gasteiger charge is -2.07. The Morgan fingerprint density at radius 1 is 1.04 bits per heavy atom. The van der Waals surface area contributed by atoms with Crippen LogP contribution in [0.5, 0.6) is 0 Å². The van der Waals surface area contributed by atoms with Gasteiger partial charge in [0.1, 0.15) is 11.7 Å². The van der Waals surface area contributed by atoms with E-state index in [-0.39, 0.29) is 11.7 Å². The second-order valence-corrected chi connectivity index (χ2v) is 5.37. The number of carbonyl (C=O) groups excluding carboxylic acids is 1. The minimum absolute atomic E-state index is 0.0270. The van der Waals surface area contributed by atoms with Gasteiger partial charge in [-0.25, -0.2) is 4.98 Å². The summed E-state index contributed by atoms with van der Waals surface area (Å²) in [4.78, 5) is 16.5. The number of aryl methyl sites for hydroxylation is 1. The minimum Gasteiger partial charge on any atom is -0.384 e. The number of carbonyl (C=O) groups is 1. The first-order valence-electron chi connectivity index (χ1n) is 7.15. The molecule has 0 atom stereocenters. The predicted octanol–water partition coefficient (Wildman–Crippen LogP) is 3.08. The molecular weight excluding hydrogens is 288 g/mol. The topological polar surface area (TPSA) is 91.9 Å². The molecule has 0 bridgehead atoms. The number of nitrogen functional groups attached to an aromatic ring is 1. The van der Waals surface area contributed by atoms with Crippen LogP contribution in [0.15, 0.2) is 54.7 Å². The van der Waals surface area contributed by atoms with Crippen LogP contribution in [0.25, 0.3) is 10.8 Å². The van der Waals surface area contributed by atoms with Crippen molar-refractivity contribution < 1.29 is 4.79 Å². The van der Waals surface area contributed by atoms with Crippen LogP contribution in [0, 0.1) is 12.3 Å². The number of nitrogens with zero attached hydrogens (tertiary/aromatic N) is 1. The Labute approximate surface area is 133 Å². The van der Waals surface area contributed by atoms with Gasteiger partial charge in [-0.1, -0.05) is 24.3 Å². The van der Waals surface area contributed by atoms with Gasteiger partial charge in [0, 0.05) is 17.3 Å². The molecular formula is C18H16N4O. The van der Waals surface area contributed by atoms with Crippen molar-refractivity contribution in [3.63, 3.8) is 0 Å². The normalized spacial score (nSPS) is 10.5. The van der Waals surface area contributed by atoms with E-state index in [0.717, 1.165) is 16.3 Å². The summed E-state index contributed by atoms with van der Waals surface area (Å²) >= 11 is 0. The summed E-state index contributed by atoms with van der Waals surface area (Å²) < 4.78 is 0. The van der Waals surface area contributed by atoms with Gasteiger partial charge in [0.2, 0.25) is 0 Å². The van der Waals surface area contributed by atoms with E-state index >= 15 is 0 Å². The van der Waals surface area contributed by atoms with Crippen LogP contribution in [-0.4, -0.2) is 16.7 Å². The van der Waals surface area contributed by atoms with Crippen molar-refractivity contribution in [2.75, 3.05) is 5.32 Å². The number of benzene rings is 2. The Morgan fingerprint density at radius 2 is 1.70 bits per heavy atom. The molecule has 0 saturated carbocycles. The summed E-state index contributed by atoms with van der Waals surface area (Å²) in [5, 5.41) is 12.1. The molecule has 23 heavy (non-hydrogen) atoms. The fourth-order valence-electron chi connectivity index (χ4n) is 2.28. The largest absolute Gasteiger partial charge is 0.384 e. The second kappa shape index (κ2) is 5.88. The van der Waals surface area contributed by atoms with E-state index in [4.69, 9.17) is 11.1 Å². The molecule has 0 aliphatic heterocycles. The number of nitrogens with one attached hydrogen (secondary N) is 2. The predicted molar refractivity (Wildman–Crippen MR) is 91.9 cm³/mol. The molecule has 0 radical (unpaired) electrons. The fraction of sp³-hybridized carbons (Fsp3) is 0.0556. The first-order chi connectivity index (χ1) is 11.0. The van der Waals surface area contributed by atoms with E-state index in [9.17, 15) is 4.79 Å². The third-order valence-corrected chi connectivity index (χ3v) is 3.57. The average Bonchev–Trinajstić information content (AvgIpc) is 2.55. The van der Waals surface area contributed by atoms with Gasteiger partial charge in [0.05, 0.1) is 0 Å². The lowest BCUT2D eigenvalue weighted by molar-refractivity contribution is 0.102. The molecule has 2 aromatic carbocycles. The van der Waals surface area contributed by atoms with Crippen LogP contribution in [-0.2, 0) is 0 Å². The van der Waals surface area contributed by atoms with Gasteiger partial charge < -0.3 is 11.1 Å². The van der Waals surface area contributed by atoms with Crippen molar-refractivity contribution in [2.24, 2.45) is 5.73 Å². The Morgan fingerprint density at radius 3 is 2.30 bits per heavy atom. The number of nitrogens with two attached hydrogens (primary N) is 1. The third-order valence-electron chi connectivity index (χ3n) is 3.57. The maximum atomic E-state index is 12.3. The smallest absolute Gasteiger partial charge is 0.256 e. The standard InChI is InChI=1S/C18H16N4O/c1-11-2-7-16(21-10-11)22-18(23)15-6-4-12-8-14(17(19)20)5-3-13(12)9-15/h2-10H,1H3,(H3,19,20)(H,21,22,23). The maximum Gasteiger partial charge on any atom is 0.256 e. The molecule has 1 aromatic heterocycles. The van der Waals surface area contributed by atoms with Gasteiger partial charge in [0.15, 0.2) is 0 Å². The van der Waals surface area contributed by atoms with Crippen LogP contribution in [0.4, 0.5) is 5.82 Å². The molecule has 0 fully saturated rings. The zero-order valence-electron chi connectivity index (χ0n) is 12.6. The van der Waals surface area contributed by atoms with Crippen molar-refractivity contribution >= 4 is 28.3 Å². The van der Waals surface area contributed by atoms with Gasteiger partial charge in [-0.05, 0) is 47.5 Å². The van der Waals surface area contributed by atoms with Crippen molar-refractivity contribution in [1.29, 1.82) is 5.41 Å². The summed E-state index contributed by atoms with van der Waals surface area (Å²) in [6, 6.07) is 14.5. The summed E-state index contributed by atoms with van der Waals surface area (Å²) in [6.45, 7) is 1.94. The molecule has 0 spiro atoms. The summed E-state index contributed by atoms with van der Waals surface area (Å²) in [6.07, 6.45) is 1.71. The Balaban J connectivity index is 1.87. The van der Waals surface area contributed by atoms with Crippen molar-refractivity contribution in [3.8, 4) is 0 Å². The van der Waals surface area contributed by atoms with Gasteiger partial charge in [0.25, 0.3) is 5.91 Å². The highest BCUT2D eigenvalue weighted by Crippen LogP contribution is 2.18. The van der Waals surface area contributed by atoms with Crippen LogP contribution in [0.2, 0.25) is 0 Å². The molecule has 5 heteroatoms. The molecule has 0 aliphatic carbocycles. The van der Waals surface area contributed by atoms with Crippen molar-refractivity contribution in [1.82, 2.24) is 4.98 Å². The Hall–Kier alpha value is -3.21. The quantitative estimate of drug-likeness (QED) is 0.513. The highest BCUT2D eigenvalue weighted by Gasteiger charge is 2.08.